The summed E-state index contributed by atoms with van der Waals surface area (Å²) in [5.41, 5.74) is 0.659. The molecule has 2 aromatic heterocycles. The number of nitrogens with zero attached hydrogens (tertiary/aromatic N) is 3. The van der Waals surface area contributed by atoms with Gasteiger partial charge in [-0.2, -0.15) is 5.10 Å². The number of ether oxygens (including phenoxy) is 1. The number of rotatable bonds is 16. The van der Waals surface area contributed by atoms with Gasteiger partial charge >= 0.3 is 13.8 Å². The molecular weight excluding hydrogens is 523 g/mol. The maximum Gasteiger partial charge on any atom is 0.477 e. The molecule has 0 unspecified atom stereocenters. The normalized spacial score (nSPS) is 11.4. The number of phosphoric ester groups is 1. The summed E-state index contributed by atoms with van der Waals surface area (Å²) >= 11 is 0. The van der Waals surface area contributed by atoms with Crippen LogP contribution in [0.15, 0.2) is 59.7 Å². The van der Waals surface area contributed by atoms with Crippen molar-refractivity contribution < 1.29 is 27.7 Å². The Morgan fingerprint density at radius 2 is 1.67 bits per heavy atom. The summed E-state index contributed by atoms with van der Waals surface area (Å²) in [4.78, 5) is 30.9. The van der Waals surface area contributed by atoms with Crippen LogP contribution in [0.3, 0.4) is 0 Å². The Hall–Kier alpha value is -3.37. The summed E-state index contributed by atoms with van der Waals surface area (Å²) in [5.74, 6) is -0.901. The molecule has 11 nitrogen and oxygen atoms in total. The van der Waals surface area contributed by atoms with Gasteiger partial charge < -0.3 is 10.1 Å². The maximum atomic E-state index is 13.5. The van der Waals surface area contributed by atoms with E-state index in [1.54, 1.807) is 49.5 Å². The highest BCUT2D eigenvalue weighted by Gasteiger charge is 2.29. The van der Waals surface area contributed by atoms with Crippen molar-refractivity contribution in [2.24, 2.45) is 0 Å². The Morgan fingerprint density at radius 1 is 0.974 bits per heavy atom. The molecule has 12 heteroatoms. The second kappa shape index (κ2) is 15.3. The van der Waals surface area contributed by atoms with Crippen molar-refractivity contribution in [1.29, 1.82) is 0 Å². The predicted octanol–water partition coefficient (Wildman–Crippen LogP) is 5.94. The number of esters is 1. The van der Waals surface area contributed by atoms with Crippen molar-refractivity contribution in [2.75, 3.05) is 25.3 Å². The van der Waals surface area contributed by atoms with Crippen molar-refractivity contribution in [1.82, 2.24) is 14.8 Å². The zero-order valence-electron chi connectivity index (χ0n) is 22.5. The number of pyridine rings is 1. The highest BCUT2D eigenvalue weighted by molar-refractivity contribution is 7.48. The average Bonchev–Trinajstić information content (AvgIpc) is 2.95. The highest BCUT2D eigenvalue weighted by atomic mass is 31.2. The molecule has 210 valence electrons. The number of benzene rings is 1. The first-order valence-corrected chi connectivity index (χ1v) is 14.5. The van der Waals surface area contributed by atoms with Crippen molar-refractivity contribution in [3.63, 3.8) is 0 Å². The number of hydrogen-bond acceptors (Lipinski definition) is 10. The first kappa shape index (κ1) is 30.2. The first-order valence-electron chi connectivity index (χ1n) is 13.0. The molecule has 3 aromatic rings. The number of carbonyl (C=O) groups is 1. The molecule has 0 saturated carbocycles. The fourth-order valence-electron chi connectivity index (χ4n) is 3.45. The van der Waals surface area contributed by atoms with Crippen LogP contribution in [0.1, 0.15) is 56.8 Å². The zero-order valence-corrected chi connectivity index (χ0v) is 23.4. The minimum absolute atomic E-state index is 0.0368. The number of aryl methyl sites for hydroxylation is 1. The second-order valence-corrected chi connectivity index (χ2v) is 10.1. The van der Waals surface area contributed by atoms with Gasteiger partial charge in [-0.3, -0.25) is 18.8 Å². The predicted molar refractivity (Wildman–Crippen MR) is 148 cm³/mol. The molecule has 0 atom stereocenters. The summed E-state index contributed by atoms with van der Waals surface area (Å²) in [6.45, 7) is 5.61. The topological polar surface area (TPSA) is 131 Å². The lowest BCUT2D eigenvalue weighted by Gasteiger charge is -2.19. The monoisotopic (exact) mass is 558 g/mol. The van der Waals surface area contributed by atoms with E-state index in [1.807, 2.05) is 19.9 Å². The maximum absolute atomic E-state index is 13.5. The molecule has 3 rings (SSSR count). The molecule has 2 heterocycles. The van der Waals surface area contributed by atoms with Gasteiger partial charge in [0.15, 0.2) is 0 Å². The summed E-state index contributed by atoms with van der Waals surface area (Å²) < 4.78 is 35.8. The lowest BCUT2D eigenvalue weighted by atomic mass is 10.0. The molecule has 1 N–H and O–H groups in total. The van der Waals surface area contributed by atoms with Crippen LogP contribution < -0.4 is 10.9 Å². The molecule has 0 aliphatic heterocycles. The van der Waals surface area contributed by atoms with Gasteiger partial charge in [0.25, 0.3) is 5.56 Å². The van der Waals surface area contributed by atoms with Gasteiger partial charge in [0, 0.05) is 18.3 Å². The van der Waals surface area contributed by atoms with Gasteiger partial charge in [-0.25, -0.2) is 18.6 Å². The van der Waals surface area contributed by atoms with E-state index in [9.17, 15) is 14.2 Å². The minimum Gasteiger partial charge on any atom is -0.434 e. The van der Waals surface area contributed by atoms with Gasteiger partial charge in [0.05, 0.1) is 25.1 Å². The molecule has 0 aliphatic rings. The van der Waals surface area contributed by atoms with E-state index in [0.717, 1.165) is 12.8 Å². The van der Waals surface area contributed by atoms with Crippen LogP contribution in [-0.2, 0) is 29.4 Å². The third kappa shape index (κ3) is 8.56. The molecule has 0 aliphatic carbocycles. The average molecular weight is 559 g/mol. The summed E-state index contributed by atoms with van der Waals surface area (Å²) in [6, 6.07) is 12.4. The fourth-order valence-corrected chi connectivity index (χ4v) is 4.56. The van der Waals surface area contributed by atoms with Crippen LogP contribution in [0.5, 0.6) is 0 Å². The number of aromatic nitrogens is 3. The minimum atomic E-state index is -3.97. The van der Waals surface area contributed by atoms with Gasteiger partial charge in [-0.05, 0) is 31.9 Å². The van der Waals surface area contributed by atoms with Gasteiger partial charge in [0.1, 0.15) is 16.9 Å². The Bertz CT molecular complexity index is 1290. The van der Waals surface area contributed by atoms with Gasteiger partial charge in [0.2, 0.25) is 6.79 Å². The number of phosphoric acid groups is 1. The SMILES string of the molecule is CCCCOP(=O)(OCCCC)OCOC(=O)c1c(-c2ccccc2)nn(CC)c(=O)c1Nc1cccnc1. The number of carbonyl (C=O) groups excluding carboxylic acids is 1. The van der Waals surface area contributed by atoms with Crippen LogP contribution in [0.4, 0.5) is 11.4 Å². The van der Waals surface area contributed by atoms with E-state index in [0.29, 0.717) is 24.1 Å². The third-order valence-corrected chi connectivity index (χ3v) is 6.95. The molecule has 0 amide bonds. The third-order valence-electron chi connectivity index (χ3n) is 5.53. The summed E-state index contributed by atoms with van der Waals surface area (Å²) in [7, 11) is -3.97. The number of unbranched alkanes of at least 4 members (excludes halogenated alkanes) is 2. The molecule has 0 bridgehead atoms. The zero-order chi connectivity index (χ0) is 28.1. The summed E-state index contributed by atoms with van der Waals surface area (Å²) in [6.07, 6.45) is 6.09. The lowest BCUT2D eigenvalue weighted by Crippen LogP contribution is -2.29. The first-order chi connectivity index (χ1) is 18.9. The largest absolute Gasteiger partial charge is 0.477 e. The Morgan fingerprint density at radius 3 is 2.26 bits per heavy atom. The van der Waals surface area contributed by atoms with Crippen molar-refractivity contribution in [3.8, 4) is 11.3 Å². The van der Waals surface area contributed by atoms with Crippen LogP contribution in [-0.4, -0.2) is 40.7 Å². The quantitative estimate of drug-likeness (QED) is 0.0975. The molecule has 1 aromatic carbocycles. The molecular formula is C27H35N4O7P. The standard InChI is InChI=1S/C27H35N4O7P/c1-4-7-17-36-39(34,37-18-8-5-2)38-20-35-27(33)23-24(21-13-10-9-11-14-21)30-31(6-3)26(32)25(23)29-22-15-12-16-28-19-22/h9-16,19,29H,4-8,17-18,20H2,1-3H3. The molecule has 0 spiro atoms. The molecule has 0 saturated heterocycles. The van der Waals surface area contributed by atoms with Crippen LogP contribution in [0.25, 0.3) is 11.3 Å². The van der Waals surface area contributed by atoms with E-state index < -0.39 is 26.1 Å². The molecule has 0 radical (unpaired) electrons. The Balaban J connectivity index is 1.94. The van der Waals surface area contributed by atoms with E-state index in [2.05, 4.69) is 15.4 Å². The molecule has 39 heavy (non-hydrogen) atoms. The van der Waals surface area contributed by atoms with E-state index in [1.165, 1.54) is 10.9 Å². The van der Waals surface area contributed by atoms with E-state index in [-0.39, 0.29) is 36.7 Å². The second-order valence-electron chi connectivity index (χ2n) is 8.45. The van der Waals surface area contributed by atoms with Crippen molar-refractivity contribution >= 4 is 25.2 Å². The van der Waals surface area contributed by atoms with Gasteiger partial charge in [-0.1, -0.05) is 57.0 Å². The lowest BCUT2D eigenvalue weighted by molar-refractivity contribution is -0.00272. The summed E-state index contributed by atoms with van der Waals surface area (Å²) in [5, 5.41) is 7.44. The number of nitrogens with one attached hydrogen (secondary N) is 1. The number of hydrogen-bond donors (Lipinski definition) is 1. The van der Waals surface area contributed by atoms with Crippen LogP contribution >= 0.6 is 7.82 Å². The van der Waals surface area contributed by atoms with Crippen LogP contribution in [0.2, 0.25) is 0 Å². The van der Waals surface area contributed by atoms with E-state index >= 15 is 0 Å². The Kier molecular flexibility index (Phi) is 11.8. The van der Waals surface area contributed by atoms with Gasteiger partial charge in [-0.15, -0.1) is 0 Å². The van der Waals surface area contributed by atoms with E-state index in [4.69, 9.17) is 18.3 Å². The number of anilines is 2. The van der Waals surface area contributed by atoms with Crippen molar-refractivity contribution in [2.45, 2.75) is 53.0 Å². The smallest absolute Gasteiger partial charge is 0.434 e. The highest BCUT2D eigenvalue weighted by Crippen LogP contribution is 2.49. The van der Waals surface area contributed by atoms with Crippen molar-refractivity contribution in [3.05, 3.63) is 70.8 Å². The fraction of sp³-hybridized carbons (Fsp3) is 0.407. The molecule has 0 fully saturated rings. The van der Waals surface area contributed by atoms with Crippen LogP contribution in [0, 0.1) is 0 Å². The Labute approximate surface area is 228 Å².